The highest BCUT2D eigenvalue weighted by Crippen LogP contribution is 2.22. The van der Waals surface area contributed by atoms with E-state index in [4.69, 9.17) is 4.74 Å². The molecule has 1 saturated heterocycles. The smallest absolute Gasteiger partial charge is 0.319 e. The van der Waals surface area contributed by atoms with Gasteiger partial charge >= 0.3 is 6.03 Å². The summed E-state index contributed by atoms with van der Waals surface area (Å²) in [7, 11) is 2.84. The average Bonchev–Trinajstić information content (AvgIpc) is 3.04. The molecule has 0 aliphatic carbocycles. The second-order valence-electron chi connectivity index (χ2n) is 6.15. The van der Waals surface area contributed by atoms with Gasteiger partial charge in [0.2, 0.25) is 5.91 Å². The van der Waals surface area contributed by atoms with Crippen LogP contribution in [0, 0.1) is 17.1 Å². The molecule has 3 amide bonds. The van der Waals surface area contributed by atoms with Gasteiger partial charge in [0.25, 0.3) is 0 Å². The summed E-state index contributed by atoms with van der Waals surface area (Å²) in [5.41, 5.74) is 1.39. The van der Waals surface area contributed by atoms with Gasteiger partial charge < -0.3 is 20.7 Å². The number of rotatable bonds is 6. The molecule has 0 saturated carbocycles. The normalized spacial score (nSPS) is 19.1. The van der Waals surface area contributed by atoms with Crippen LogP contribution in [0.25, 0.3) is 0 Å². The van der Waals surface area contributed by atoms with Crippen molar-refractivity contribution in [2.45, 2.75) is 19.4 Å². The van der Waals surface area contributed by atoms with Gasteiger partial charge in [0.1, 0.15) is 17.6 Å². The maximum atomic E-state index is 14.2. The third-order valence-electron chi connectivity index (χ3n) is 4.23. The first-order valence-electron chi connectivity index (χ1n) is 8.77. The topological polar surface area (TPSA) is 79.5 Å². The fourth-order valence-corrected chi connectivity index (χ4v) is 3.28. The van der Waals surface area contributed by atoms with Gasteiger partial charge in [-0.3, -0.25) is 4.79 Å². The zero-order valence-corrected chi connectivity index (χ0v) is 18.9. The molecular weight excluding hydrogens is 508 g/mol. The second kappa shape index (κ2) is 11.7. The molecule has 1 aromatic rings. The molecule has 0 aromatic heterocycles. The highest BCUT2D eigenvalue weighted by Gasteiger charge is 2.36. The zero-order chi connectivity index (χ0) is 21.2. The molecule has 0 bridgehead atoms. The molecule has 2 rings (SSSR count). The molecule has 29 heavy (non-hydrogen) atoms. The van der Waals surface area contributed by atoms with Crippen LogP contribution in [0.5, 0.6) is 0 Å². The molecule has 1 aliphatic rings. The van der Waals surface area contributed by atoms with Crippen LogP contribution in [0.15, 0.2) is 48.0 Å². The lowest BCUT2D eigenvalue weighted by atomic mass is 9.98. The number of methoxy groups -OCH3 is 1. The van der Waals surface area contributed by atoms with Crippen LogP contribution < -0.4 is 16.0 Å². The molecular formula is C20H21FIN3O3S. The molecule has 1 aromatic carbocycles. The number of hydrogen-bond acceptors (Lipinski definition) is 4. The number of benzene rings is 1. The van der Waals surface area contributed by atoms with Gasteiger partial charge in [0.15, 0.2) is 0 Å². The minimum atomic E-state index is -0.823. The van der Waals surface area contributed by atoms with E-state index in [0.29, 0.717) is 11.4 Å². The van der Waals surface area contributed by atoms with Crippen molar-refractivity contribution in [1.82, 2.24) is 10.6 Å². The zero-order valence-electron chi connectivity index (χ0n) is 15.9. The van der Waals surface area contributed by atoms with Gasteiger partial charge in [-0.15, -0.1) is 0 Å². The van der Waals surface area contributed by atoms with Crippen molar-refractivity contribution in [2.24, 2.45) is 5.92 Å². The first-order chi connectivity index (χ1) is 14.0. The summed E-state index contributed by atoms with van der Waals surface area (Å²) in [5, 5.41) is 10.8. The lowest BCUT2D eigenvalue weighted by molar-refractivity contribution is -0.121. The molecule has 1 heterocycles. The summed E-state index contributed by atoms with van der Waals surface area (Å²) in [5.74, 6) is 2.19. The Morgan fingerprint density at radius 1 is 1.45 bits per heavy atom. The monoisotopic (exact) mass is 529 g/mol. The molecule has 154 valence electrons. The first kappa shape index (κ1) is 23.1. The number of carbonyl (C=O) groups excluding carboxylic acids is 2. The highest BCUT2D eigenvalue weighted by atomic mass is 127. The Morgan fingerprint density at radius 3 is 2.79 bits per heavy atom. The van der Waals surface area contributed by atoms with Gasteiger partial charge in [-0.25, -0.2) is 9.18 Å². The number of urea groups is 1. The van der Waals surface area contributed by atoms with Crippen LogP contribution in [0.2, 0.25) is 0 Å². The van der Waals surface area contributed by atoms with Crippen molar-refractivity contribution >= 4 is 47.8 Å². The van der Waals surface area contributed by atoms with Crippen molar-refractivity contribution in [3.05, 3.63) is 53.6 Å². The van der Waals surface area contributed by atoms with Crippen molar-refractivity contribution < 1.29 is 18.7 Å². The standard InChI is InChI=1S/C20H21FIN3O3S/c1-3-17(28-2)11-15(21)10-14-12-23-19(26)18(14)25-20(27)24-16-6-4-13(5-7-16)8-9-29-22/h3-7,11,14,18H,10,12H2,1-2H3,(H,23,26)(H2,24,25,27)/b15-11+,17-3+/t14-,18+/m1/s1. The van der Waals surface area contributed by atoms with E-state index >= 15 is 0 Å². The number of amides is 3. The Bertz CT molecular complexity index is 862. The summed E-state index contributed by atoms with van der Waals surface area (Å²) in [6, 6.07) is 5.66. The fraction of sp³-hybridized carbons (Fsp3) is 0.300. The predicted octanol–water partition coefficient (Wildman–Crippen LogP) is 4.11. The number of carbonyl (C=O) groups is 2. The van der Waals surface area contributed by atoms with Crippen molar-refractivity contribution in [3.63, 3.8) is 0 Å². The predicted molar refractivity (Wildman–Crippen MR) is 122 cm³/mol. The lowest BCUT2D eigenvalue weighted by Gasteiger charge is -2.18. The number of halogens is 2. The van der Waals surface area contributed by atoms with E-state index in [9.17, 15) is 14.0 Å². The Morgan fingerprint density at radius 2 is 2.17 bits per heavy atom. The Labute approximate surface area is 185 Å². The van der Waals surface area contributed by atoms with E-state index in [1.807, 2.05) is 0 Å². The van der Waals surface area contributed by atoms with Crippen LogP contribution in [-0.4, -0.2) is 31.6 Å². The fourth-order valence-electron chi connectivity index (χ4n) is 2.79. The maximum absolute atomic E-state index is 14.2. The lowest BCUT2D eigenvalue weighted by Crippen LogP contribution is -2.45. The van der Waals surface area contributed by atoms with Crippen LogP contribution in [0.1, 0.15) is 18.9 Å². The minimum Gasteiger partial charge on any atom is -0.497 e. The van der Waals surface area contributed by atoms with Crippen molar-refractivity contribution in [3.8, 4) is 11.2 Å². The van der Waals surface area contributed by atoms with E-state index in [2.05, 4.69) is 48.3 Å². The van der Waals surface area contributed by atoms with Gasteiger partial charge in [-0.05, 0) is 51.5 Å². The average molecular weight is 529 g/mol. The molecule has 1 fully saturated rings. The molecule has 6 nitrogen and oxygen atoms in total. The SMILES string of the molecule is C/C=C(\C=C(\F)C[C@@H]1CNC(=O)[C@H]1NC(=O)Nc1ccc(C#CSI)cc1)OC. The van der Waals surface area contributed by atoms with E-state index < -0.39 is 23.8 Å². The quantitative estimate of drug-likeness (QED) is 0.225. The number of nitrogens with one attached hydrogen (secondary N) is 3. The molecule has 0 radical (unpaired) electrons. The molecule has 2 atom stereocenters. The summed E-state index contributed by atoms with van der Waals surface area (Å²) in [4.78, 5) is 24.4. The molecule has 0 spiro atoms. The molecule has 9 heteroatoms. The summed E-state index contributed by atoms with van der Waals surface area (Å²) < 4.78 is 19.3. The second-order valence-corrected chi connectivity index (χ2v) is 7.83. The number of hydrogen-bond donors (Lipinski definition) is 3. The summed E-state index contributed by atoms with van der Waals surface area (Å²) in [6.45, 7) is 2.02. The number of ether oxygens (including phenoxy) is 1. The van der Waals surface area contributed by atoms with Crippen LogP contribution in [0.4, 0.5) is 14.9 Å². The van der Waals surface area contributed by atoms with Gasteiger partial charge in [-0.1, -0.05) is 5.92 Å². The Kier molecular flexibility index (Phi) is 9.34. The van der Waals surface area contributed by atoms with E-state index in [1.165, 1.54) is 22.1 Å². The third-order valence-corrected chi connectivity index (χ3v) is 5.07. The third kappa shape index (κ3) is 7.29. The van der Waals surface area contributed by atoms with Gasteiger partial charge in [0, 0.05) is 57.4 Å². The minimum absolute atomic E-state index is 0.00652. The highest BCUT2D eigenvalue weighted by molar-refractivity contribution is 14.2. The largest absolute Gasteiger partial charge is 0.497 e. The van der Waals surface area contributed by atoms with Gasteiger partial charge in [-0.2, -0.15) is 0 Å². The van der Waals surface area contributed by atoms with Crippen molar-refractivity contribution in [1.29, 1.82) is 0 Å². The summed E-state index contributed by atoms with van der Waals surface area (Å²) >= 11 is 2.09. The van der Waals surface area contributed by atoms with Crippen molar-refractivity contribution in [2.75, 3.05) is 19.0 Å². The van der Waals surface area contributed by atoms with Gasteiger partial charge in [0.05, 0.1) is 7.11 Å². The number of anilines is 1. The first-order valence-corrected chi connectivity index (χ1v) is 12.1. The maximum Gasteiger partial charge on any atom is 0.319 e. The molecule has 1 aliphatic heterocycles. The Balaban J connectivity index is 1.97. The summed E-state index contributed by atoms with van der Waals surface area (Å²) in [6.07, 6.45) is 2.92. The van der Waals surface area contributed by atoms with E-state index in [0.717, 1.165) is 5.56 Å². The Hall–Kier alpha value is -2.19. The van der Waals surface area contributed by atoms with Crippen LogP contribution in [0.3, 0.4) is 0 Å². The van der Waals surface area contributed by atoms with Crippen LogP contribution in [-0.2, 0) is 9.53 Å². The number of allylic oxidation sites excluding steroid dienone is 3. The molecule has 0 unspecified atom stereocenters. The molecule has 3 N–H and O–H groups in total. The van der Waals surface area contributed by atoms with E-state index in [-0.39, 0.29) is 18.9 Å². The van der Waals surface area contributed by atoms with Crippen LogP contribution >= 0.6 is 30.1 Å². The van der Waals surface area contributed by atoms with E-state index in [1.54, 1.807) is 37.3 Å².